The van der Waals surface area contributed by atoms with Gasteiger partial charge in [-0.15, -0.1) is 11.3 Å². The molecule has 1 heterocycles. The number of para-hydroxylation sites is 3. The van der Waals surface area contributed by atoms with E-state index in [4.69, 9.17) is 15.3 Å². The Morgan fingerprint density at radius 2 is 0.736 bits per heavy atom. The van der Waals surface area contributed by atoms with Crippen LogP contribution < -0.4 is 14.2 Å². The molecule has 0 aliphatic heterocycles. The molecule has 7 aromatic rings. The van der Waals surface area contributed by atoms with E-state index in [9.17, 15) is 39.6 Å². The van der Waals surface area contributed by atoms with E-state index in [0.29, 0.717) is 62.0 Å². The predicted octanol–water partition coefficient (Wildman–Crippen LogP) is 15.7. The molecule has 6 aromatic carbocycles. The van der Waals surface area contributed by atoms with Gasteiger partial charge in [0.25, 0.3) is 10.0 Å². The van der Waals surface area contributed by atoms with E-state index < -0.39 is 53.2 Å². The largest absolute Gasteiger partial charge is 0.478 e. The topological polar surface area (TPSA) is 250 Å². The third-order valence-electron chi connectivity index (χ3n) is 14.6. The van der Waals surface area contributed by atoms with Crippen molar-refractivity contribution in [3.05, 3.63) is 213 Å². The van der Waals surface area contributed by atoms with E-state index in [1.54, 1.807) is 116 Å². The molecule has 87 heavy (non-hydrogen) atoms. The third kappa shape index (κ3) is 25.9. The first-order valence-corrected chi connectivity index (χ1v) is 35.5. The molecule has 0 aliphatic carbocycles. The quantitative estimate of drug-likeness (QED) is 0.0203. The third-order valence-corrected chi connectivity index (χ3v) is 20.5. The molecule has 6 N–H and O–H groups in total. The summed E-state index contributed by atoms with van der Waals surface area (Å²) >= 11 is 1.17. The standard InChI is InChI=1S/C31H47NO4S.C19H17NO4S2.C18H21NO4S/c1-2-3-4-5-6-7-8-9-10-11-12-13-14-17-26-37(35,36)32-30-19-16-15-18-28(30)23-20-27-21-24-29(25-22-27)31(33)34;21-19(22)16-11-8-14(9-12-16)7-10-15-4-1-2-5-17(15)20-26(23,24)18-6-3-13-25-18;1-13(2)24(22,23)19-17-6-4-3-5-15(17)10-7-14-8-11-16(12-9-14)18(20)21/h15-16,18-19,21-22,24-25,32H,2-14,17,20,23,26H2,1H3,(H,33,34);1-6,8-9,11-13,20H,7,10H2,(H,21,22);3-6,8-9,11-13,19H,7,10H2,1-2H3,(H,20,21). The van der Waals surface area contributed by atoms with Crippen LogP contribution in [-0.4, -0.2) is 69.5 Å². The Morgan fingerprint density at radius 3 is 1.07 bits per heavy atom. The molecular formula is C68H85N3O12S4. The maximum Gasteiger partial charge on any atom is 0.335 e. The lowest BCUT2D eigenvalue weighted by atomic mass is 10.0. The van der Waals surface area contributed by atoms with E-state index >= 15 is 0 Å². The number of rotatable bonds is 35. The van der Waals surface area contributed by atoms with Crippen molar-refractivity contribution >= 4 is 76.4 Å². The summed E-state index contributed by atoms with van der Waals surface area (Å²) in [6, 6.07) is 45.6. The highest BCUT2D eigenvalue weighted by molar-refractivity contribution is 7.94. The number of thiophene rings is 1. The summed E-state index contributed by atoms with van der Waals surface area (Å²) in [6.07, 6.45) is 21.4. The highest BCUT2D eigenvalue weighted by Gasteiger charge is 2.19. The minimum atomic E-state index is -3.59. The second kappa shape index (κ2) is 36.7. The number of carboxylic acids is 3. The number of carboxylic acid groups (broad SMARTS) is 3. The highest BCUT2D eigenvalue weighted by Crippen LogP contribution is 2.26. The van der Waals surface area contributed by atoms with E-state index in [1.807, 2.05) is 60.7 Å². The Hall–Kier alpha value is -7.32. The molecule has 0 bridgehead atoms. The molecule has 19 heteroatoms. The van der Waals surface area contributed by atoms with E-state index in [-0.39, 0.29) is 26.7 Å². The van der Waals surface area contributed by atoms with E-state index in [1.165, 1.54) is 82.0 Å². The van der Waals surface area contributed by atoms with Crippen LogP contribution in [0.3, 0.4) is 0 Å². The zero-order valence-corrected chi connectivity index (χ0v) is 53.4. The molecule has 0 unspecified atom stereocenters. The van der Waals surface area contributed by atoms with Crippen molar-refractivity contribution in [2.75, 3.05) is 19.9 Å². The van der Waals surface area contributed by atoms with Crippen LogP contribution in [0.2, 0.25) is 0 Å². The van der Waals surface area contributed by atoms with Crippen LogP contribution in [0, 0.1) is 0 Å². The van der Waals surface area contributed by atoms with Crippen molar-refractivity contribution in [3.63, 3.8) is 0 Å². The summed E-state index contributed by atoms with van der Waals surface area (Å²) in [4.78, 5) is 32.8. The zero-order chi connectivity index (χ0) is 63.1. The van der Waals surface area contributed by atoms with Gasteiger partial charge in [0.1, 0.15) is 4.21 Å². The normalized spacial score (nSPS) is 11.4. The van der Waals surface area contributed by atoms with Gasteiger partial charge in [-0.3, -0.25) is 14.2 Å². The molecule has 0 amide bonds. The monoisotopic (exact) mass is 1260 g/mol. The van der Waals surface area contributed by atoms with Crippen molar-refractivity contribution in [2.45, 2.75) is 159 Å². The van der Waals surface area contributed by atoms with Gasteiger partial charge >= 0.3 is 17.9 Å². The second-order valence-electron chi connectivity index (χ2n) is 21.7. The van der Waals surface area contributed by atoms with Crippen molar-refractivity contribution in [3.8, 4) is 0 Å². The Morgan fingerprint density at radius 1 is 0.402 bits per heavy atom. The smallest absolute Gasteiger partial charge is 0.335 e. The minimum Gasteiger partial charge on any atom is -0.478 e. The van der Waals surface area contributed by atoms with Crippen molar-refractivity contribution in [1.82, 2.24) is 0 Å². The summed E-state index contributed by atoms with van der Waals surface area (Å²) in [6.45, 7) is 5.53. The summed E-state index contributed by atoms with van der Waals surface area (Å²) in [5.41, 5.74) is 8.29. The van der Waals surface area contributed by atoms with Gasteiger partial charge in [0, 0.05) is 0 Å². The second-order valence-corrected chi connectivity index (χ2v) is 28.7. The fraction of sp³-hybridized carbons (Fsp3) is 0.368. The Labute approximate surface area is 519 Å². The maximum absolute atomic E-state index is 12.7. The van der Waals surface area contributed by atoms with Crippen molar-refractivity contribution in [1.29, 1.82) is 0 Å². The first-order valence-electron chi connectivity index (χ1n) is 29.9. The lowest BCUT2D eigenvalue weighted by molar-refractivity contribution is 0.0686. The molecule has 0 atom stereocenters. The fourth-order valence-corrected chi connectivity index (χ4v) is 13.4. The number of benzene rings is 6. The summed E-state index contributed by atoms with van der Waals surface area (Å²) in [5.74, 6) is -2.69. The number of sulfonamides is 3. The van der Waals surface area contributed by atoms with Crippen LogP contribution in [0.5, 0.6) is 0 Å². The van der Waals surface area contributed by atoms with Crippen LogP contribution in [0.15, 0.2) is 167 Å². The highest BCUT2D eigenvalue weighted by atomic mass is 32.2. The summed E-state index contributed by atoms with van der Waals surface area (Å²) in [7, 11) is -10.4. The van der Waals surface area contributed by atoms with Gasteiger partial charge in [0.05, 0.1) is 44.8 Å². The van der Waals surface area contributed by atoms with Gasteiger partial charge in [0.15, 0.2) is 0 Å². The molecular weight excluding hydrogens is 1180 g/mol. The molecule has 1 aromatic heterocycles. The Balaban J connectivity index is 0.000000245. The number of aryl methyl sites for hydroxylation is 6. The van der Waals surface area contributed by atoms with Crippen LogP contribution in [0.1, 0.15) is 175 Å². The molecule has 0 saturated heterocycles. The summed E-state index contributed by atoms with van der Waals surface area (Å²) in [5, 5.41) is 28.1. The van der Waals surface area contributed by atoms with Crippen LogP contribution in [-0.2, 0) is 68.6 Å². The number of aromatic carboxylic acids is 3. The first-order chi connectivity index (χ1) is 41.7. The molecule has 0 aliphatic rings. The van der Waals surface area contributed by atoms with Crippen LogP contribution >= 0.6 is 11.3 Å². The predicted molar refractivity (Wildman–Crippen MR) is 352 cm³/mol. The zero-order valence-electron chi connectivity index (χ0n) is 50.2. The van der Waals surface area contributed by atoms with Crippen molar-refractivity contribution < 1.29 is 55.0 Å². The minimum absolute atomic E-state index is 0.149. The van der Waals surface area contributed by atoms with Crippen LogP contribution in [0.25, 0.3) is 0 Å². The van der Waals surface area contributed by atoms with Gasteiger partial charge in [-0.1, -0.05) is 187 Å². The molecule has 0 radical (unpaired) electrons. The number of hydrogen-bond acceptors (Lipinski definition) is 10. The molecule has 0 fully saturated rings. The number of anilines is 3. The van der Waals surface area contributed by atoms with E-state index in [0.717, 1.165) is 46.2 Å². The van der Waals surface area contributed by atoms with E-state index in [2.05, 4.69) is 21.1 Å². The molecule has 0 saturated carbocycles. The van der Waals surface area contributed by atoms with Gasteiger partial charge in [-0.2, -0.15) is 0 Å². The SMILES string of the molecule is CC(C)S(=O)(=O)Nc1ccccc1CCc1ccc(C(=O)O)cc1.CCCCCCCCCCCCCCCCS(=O)(=O)Nc1ccccc1CCc1ccc(C(=O)O)cc1.O=C(O)c1ccc(CCc2ccccc2NS(=O)(=O)c2cccs2)cc1. The average Bonchev–Trinajstić information content (AvgIpc) is 4.09. The van der Waals surface area contributed by atoms with Crippen molar-refractivity contribution in [2.24, 2.45) is 0 Å². The molecule has 7 rings (SSSR count). The Kier molecular flexibility index (Phi) is 29.7. The van der Waals surface area contributed by atoms with Gasteiger partial charge in [0.2, 0.25) is 20.0 Å². The number of hydrogen-bond donors (Lipinski definition) is 6. The fourth-order valence-electron chi connectivity index (χ4n) is 9.38. The lowest BCUT2D eigenvalue weighted by Crippen LogP contribution is -2.23. The lowest BCUT2D eigenvalue weighted by Gasteiger charge is -2.14. The summed E-state index contributed by atoms with van der Waals surface area (Å²) < 4.78 is 82.7. The van der Waals surface area contributed by atoms with Gasteiger partial charge < -0.3 is 15.3 Å². The first kappa shape index (κ1) is 70.4. The van der Waals surface area contributed by atoms with Gasteiger partial charge in [-0.05, 0) is 158 Å². The van der Waals surface area contributed by atoms with Gasteiger partial charge in [-0.25, -0.2) is 39.6 Å². The number of carbonyl (C=O) groups is 3. The number of nitrogens with one attached hydrogen (secondary N) is 3. The Bertz CT molecular complexity index is 3560. The maximum atomic E-state index is 12.7. The molecule has 15 nitrogen and oxygen atoms in total. The molecule has 0 spiro atoms. The molecule has 468 valence electrons. The number of unbranched alkanes of at least 4 members (excludes halogenated alkanes) is 13. The van der Waals surface area contributed by atoms with Crippen LogP contribution in [0.4, 0.5) is 17.1 Å². The average molecular weight is 1260 g/mol.